The molecular weight excluding hydrogens is 216 g/mol. The summed E-state index contributed by atoms with van der Waals surface area (Å²) in [6, 6.07) is 20.8. The summed E-state index contributed by atoms with van der Waals surface area (Å²) in [5, 5.41) is 0. The Morgan fingerprint density at radius 1 is 0.667 bits per heavy atom. The molecule has 0 fully saturated rings. The van der Waals surface area contributed by atoms with Gasteiger partial charge in [-0.05, 0) is 17.0 Å². The molecule has 0 amide bonds. The van der Waals surface area contributed by atoms with Crippen LogP contribution in [0.2, 0.25) is 0 Å². The van der Waals surface area contributed by atoms with E-state index in [0.29, 0.717) is 5.92 Å². The largest absolute Gasteiger partial charge is 0.0773 e. The summed E-state index contributed by atoms with van der Waals surface area (Å²) in [5.74, 6) is 0.436. The molecule has 0 bridgehead atoms. The molecular formula is C18H18. The van der Waals surface area contributed by atoms with Crippen molar-refractivity contribution in [3.05, 3.63) is 83.9 Å². The fourth-order valence-electron chi connectivity index (χ4n) is 1.72. The zero-order valence-corrected chi connectivity index (χ0v) is 10.7. The van der Waals surface area contributed by atoms with Crippen LogP contribution in [0.15, 0.2) is 72.8 Å². The van der Waals surface area contributed by atoms with Crippen molar-refractivity contribution in [2.24, 2.45) is 5.92 Å². The summed E-state index contributed by atoms with van der Waals surface area (Å²) in [6.45, 7) is 2.19. The standard InChI is InChI=1S/C18H18/c1-16(12-14-17-8-4-2-5-9-17)13-15-18-10-6-3-7-11-18/h2-16H,1H3/b14-12+,15-13+. The molecule has 0 radical (unpaired) electrons. The Balaban J connectivity index is 1.95. The zero-order chi connectivity index (χ0) is 12.6. The number of hydrogen-bond donors (Lipinski definition) is 0. The van der Waals surface area contributed by atoms with Crippen LogP contribution >= 0.6 is 0 Å². The molecule has 2 rings (SSSR count). The van der Waals surface area contributed by atoms with Gasteiger partial charge in [-0.25, -0.2) is 0 Å². The van der Waals surface area contributed by atoms with Gasteiger partial charge in [-0.3, -0.25) is 0 Å². The van der Waals surface area contributed by atoms with E-state index in [1.807, 2.05) is 12.1 Å². The maximum atomic E-state index is 2.22. The normalized spacial score (nSPS) is 11.7. The molecule has 18 heavy (non-hydrogen) atoms. The summed E-state index contributed by atoms with van der Waals surface area (Å²) in [7, 11) is 0. The van der Waals surface area contributed by atoms with Gasteiger partial charge in [0.1, 0.15) is 0 Å². The Bertz CT molecular complexity index is 457. The lowest BCUT2D eigenvalue weighted by Crippen LogP contribution is -1.82. The van der Waals surface area contributed by atoms with E-state index in [2.05, 4.69) is 79.8 Å². The van der Waals surface area contributed by atoms with Crippen molar-refractivity contribution in [1.29, 1.82) is 0 Å². The van der Waals surface area contributed by atoms with E-state index in [1.54, 1.807) is 0 Å². The molecule has 0 N–H and O–H groups in total. The Morgan fingerprint density at radius 3 is 1.44 bits per heavy atom. The lowest BCUT2D eigenvalue weighted by Gasteiger charge is -1.98. The lowest BCUT2D eigenvalue weighted by atomic mass is 10.1. The molecule has 2 aromatic rings. The monoisotopic (exact) mass is 234 g/mol. The van der Waals surface area contributed by atoms with Gasteiger partial charge < -0.3 is 0 Å². The number of benzene rings is 2. The third-order valence-corrected chi connectivity index (χ3v) is 2.78. The highest BCUT2D eigenvalue weighted by Crippen LogP contribution is 2.09. The summed E-state index contributed by atoms with van der Waals surface area (Å²) in [4.78, 5) is 0. The maximum Gasteiger partial charge on any atom is -0.00752 e. The van der Waals surface area contributed by atoms with Crippen molar-refractivity contribution in [3.8, 4) is 0 Å². The molecule has 0 saturated carbocycles. The first kappa shape index (κ1) is 12.4. The Hall–Kier alpha value is -2.08. The van der Waals surface area contributed by atoms with Gasteiger partial charge in [0.05, 0.1) is 0 Å². The number of rotatable bonds is 4. The molecule has 2 aromatic carbocycles. The average molecular weight is 234 g/mol. The predicted molar refractivity (Wildman–Crippen MR) is 80.1 cm³/mol. The Labute approximate surface area is 109 Å². The summed E-state index contributed by atoms with van der Waals surface area (Å²) >= 11 is 0. The minimum Gasteiger partial charge on any atom is -0.0773 e. The first-order valence-corrected chi connectivity index (χ1v) is 6.31. The van der Waals surface area contributed by atoms with Crippen molar-refractivity contribution in [2.45, 2.75) is 6.92 Å². The van der Waals surface area contributed by atoms with Crippen LogP contribution in [-0.2, 0) is 0 Å². The summed E-state index contributed by atoms with van der Waals surface area (Å²) in [6.07, 6.45) is 8.77. The van der Waals surface area contributed by atoms with Crippen LogP contribution in [0.25, 0.3) is 12.2 Å². The molecule has 0 aromatic heterocycles. The smallest absolute Gasteiger partial charge is 0.00752 e. The van der Waals surface area contributed by atoms with E-state index in [1.165, 1.54) is 11.1 Å². The molecule has 90 valence electrons. The molecule has 0 heterocycles. The molecule has 0 aliphatic rings. The van der Waals surface area contributed by atoms with Gasteiger partial charge in [-0.1, -0.05) is 91.9 Å². The Kier molecular flexibility index (Phi) is 4.54. The van der Waals surface area contributed by atoms with Gasteiger partial charge in [-0.15, -0.1) is 0 Å². The fourth-order valence-corrected chi connectivity index (χ4v) is 1.72. The van der Waals surface area contributed by atoms with Crippen LogP contribution in [0.5, 0.6) is 0 Å². The van der Waals surface area contributed by atoms with Crippen LogP contribution in [-0.4, -0.2) is 0 Å². The first-order chi connectivity index (χ1) is 8.84. The van der Waals surface area contributed by atoms with Gasteiger partial charge in [0.25, 0.3) is 0 Å². The van der Waals surface area contributed by atoms with Gasteiger partial charge in [0.2, 0.25) is 0 Å². The van der Waals surface area contributed by atoms with Gasteiger partial charge in [-0.2, -0.15) is 0 Å². The fraction of sp³-hybridized carbons (Fsp3) is 0.111. The molecule has 0 saturated heterocycles. The predicted octanol–water partition coefficient (Wildman–Crippen LogP) is 5.05. The van der Waals surface area contributed by atoms with Gasteiger partial charge in [0, 0.05) is 0 Å². The summed E-state index contributed by atoms with van der Waals surface area (Å²) in [5.41, 5.74) is 2.50. The average Bonchev–Trinajstić information content (AvgIpc) is 2.45. The summed E-state index contributed by atoms with van der Waals surface area (Å²) < 4.78 is 0. The van der Waals surface area contributed by atoms with Crippen LogP contribution in [0.1, 0.15) is 18.1 Å². The first-order valence-electron chi connectivity index (χ1n) is 6.31. The minimum absolute atomic E-state index is 0.436. The highest BCUT2D eigenvalue weighted by Gasteiger charge is 1.91. The topological polar surface area (TPSA) is 0 Å². The van der Waals surface area contributed by atoms with Gasteiger partial charge in [0.15, 0.2) is 0 Å². The number of hydrogen-bond acceptors (Lipinski definition) is 0. The van der Waals surface area contributed by atoms with Gasteiger partial charge >= 0.3 is 0 Å². The van der Waals surface area contributed by atoms with Crippen LogP contribution in [0.3, 0.4) is 0 Å². The minimum atomic E-state index is 0.436. The SMILES string of the molecule is CC(/C=C/c1ccccc1)/C=C/c1ccccc1. The molecule has 0 heteroatoms. The lowest BCUT2D eigenvalue weighted by molar-refractivity contribution is 0.951. The molecule has 0 spiro atoms. The highest BCUT2D eigenvalue weighted by molar-refractivity contribution is 5.52. The van der Waals surface area contributed by atoms with E-state index in [0.717, 1.165) is 0 Å². The van der Waals surface area contributed by atoms with E-state index >= 15 is 0 Å². The third-order valence-electron chi connectivity index (χ3n) is 2.78. The van der Waals surface area contributed by atoms with Crippen molar-refractivity contribution in [2.75, 3.05) is 0 Å². The van der Waals surface area contributed by atoms with Crippen LogP contribution in [0.4, 0.5) is 0 Å². The Morgan fingerprint density at radius 2 is 1.06 bits per heavy atom. The molecule has 0 aliphatic heterocycles. The van der Waals surface area contributed by atoms with Crippen LogP contribution in [0, 0.1) is 5.92 Å². The highest BCUT2D eigenvalue weighted by atomic mass is 14.0. The van der Waals surface area contributed by atoms with Crippen molar-refractivity contribution in [1.82, 2.24) is 0 Å². The second kappa shape index (κ2) is 6.61. The van der Waals surface area contributed by atoms with E-state index in [-0.39, 0.29) is 0 Å². The molecule has 0 nitrogen and oxygen atoms in total. The molecule has 0 aliphatic carbocycles. The maximum absolute atomic E-state index is 2.22. The second-order valence-electron chi connectivity index (χ2n) is 4.40. The third kappa shape index (κ3) is 4.06. The van der Waals surface area contributed by atoms with Crippen molar-refractivity contribution in [3.63, 3.8) is 0 Å². The van der Waals surface area contributed by atoms with E-state index in [9.17, 15) is 0 Å². The van der Waals surface area contributed by atoms with Crippen molar-refractivity contribution >= 4 is 12.2 Å². The second-order valence-corrected chi connectivity index (χ2v) is 4.40. The van der Waals surface area contributed by atoms with Crippen molar-refractivity contribution < 1.29 is 0 Å². The quantitative estimate of drug-likeness (QED) is 0.694. The number of allylic oxidation sites excluding steroid dienone is 2. The van der Waals surface area contributed by atoms with E-state index in [4.69, 9.17) is 0 Å². The zero-order valence-electron chi connectivity index (χ0n) is 10.7. The molecule has 0 atom stereocenters. The van der Waals surface area contributed by atoms with E-state index < -0.39 is 0 Å². The van der Waals surface area contributed by atoms with Crippen LogP contribution < -0.4 is 0 Å². The molecule has 0 unspecified atom stereocenters.